The number of esters is 4. The molecule has 32 nitrogen and oxygen atoms in total. The Kier molecular flexibility index (Phi) is 30.1. The largest absolute Gasteiger partial charge is 0.455 e. The van der Waals surface area contributed by atoms with Crippen molar-refractivity contribution in [1.82, 2.24) is 31.1 Å². The Morgan fingerprint density at radius 1 is 0.735 bits per heavy atom. The Morgan fingerprint density at radius 2 is 1.37 bits per heavy atom. The first-order valence-electron chi connectivity index (χ1n) is 37.6. The predicted molar refractivity (Wildman–Crippen MR) is 404 cm³/mol. The lowest BCUT2D eigenvalue weighted by molar-refractivity contribution is -0.346. The number of nitrogens with two attached hydrogens (primary N) is 1. The molecule has 0 radical (unpaired) electrons. The highest BCUT2D eigenvalue weighted by atomic mass is 16.6. The Morgan fingerprint density at radius 3 is 1.96 bits per heavy atom. The molecular weight excluding hydrogens is 1470 g/mol. The number of Topliss-reactive ketones (excluding diaryl/α,β-unsaturated/α-hetero) is 2. The van der Waals surface area contributed by atoms with Crippen LogP contribution in [0.4, 0.5) is 20.1 Å². The lowest BCUT2D eigenvalue weighted by Crippen LogP contribution is -2.82. The molecule has 0 unspecified atom stereocenters. The number of hydrogen-bond donors (Lipinski definition) is 9. The summed E-state index contributed by atoms with van der Waals surface area (Å²) < 4.78 is 48.9. The maximum Gasteiger partial charge on any atom is 0.410 e. The van der Waals surface area contributed by atoms with Crippen LogP contribution in [0.3, 0.4) is 0 Å². The van der Waals surface area contributed by atoms with Gasteiger partial charge in [-0.05, 0) is 91.3 Å². The summed E-state index contributed by atoms with van der Waals surface area (Å²) in [6, 6.07) is 24.9. The molecule has 612 valence electrons. The standard InChI is InChI=1S/C81H104N8O24/c1-46(2)57(93)33-34-61(95)86-63(47(3)4)72(99)85-56(28-21-35-83-75(82)102)71(98)84-55-31-29-51(30-32-55)44-107-76(103)88(11)36-37-89(38-40-106-41-39-90)77(104)111-66(64(52-22-15-12-16-23-52)87-70(97)53-24-17-13-18-25-53)74(101)110-58-43-81(105)69(112-73(100)54-26-19-14-20-27-54)67-79(10,59(94)42-60-80(67,45-108-60)113-50(7)92)68(96)65(109-49(6)91)62(48(58)5)78(81,8)9/h12-20,22-27,29-32,46-47,56,58-60,63-67,69,90,94,105H,21,28,33-45H2,1-11H3,(H,84,98)(H,85,99)(H,86,95)(H,87,97)(H3,82,83,102)/t56-,58-,59-,60+,63-,64-,65+,66+,67-,69-,79+,80-,81+/m0/s1. The van der Waals surface area contributed by atoms with Crippen molar-refractivity contribution in [3.05, 3.63) is 149 Å². The summed E-state index contributed by atoms with van der Waals surface area (Å²) in [5.74, 6) is -10.4. The normalized spacial score (nSPS) is 23.0. The van der Waals surface area contributed by atoms with E-state index in [4.69, 9.17) is 43.6 Å². The third-order valence-electron chi connectivity index (χ3n) is 21.4. The zero-order valence-corrected chi connectivity index (χ0v) is 65.4. The van der Waals surface area contributed by atoms with E-state index in [0.29, 0.717) is 5.56 Å². The topological polar surface area (TPSA) is 449 Å². The molecule has 4 aliphatic rings. The van der Waals surface area contributed by atoms with Gasteiger partial charge < -0.3 is 95.3 Å². The minimum atomic E-state index is -2.61. The highest BCUT2D eigenvalue weighted by Gasteiger charge is 2.78. The van der Waals surface area contributed by atoms with Gasteiger partial charge in [-0.2, -0.15) is 0 Å². The summed E-state index contributed by atoms with van der Waals surface area (Å²) in [7, 11) is 1.37. The van der Waals surface area contributed by atoms with E-state index >= 15 is 14.4 Å². The molecule has 2 saturated carbocycles. The first kappa shape index (κ1) is 87.9. The summed E-state index contributed by atoms with van der Waals surface area (Å²) in [4.78, 5) is 184. The van der Waals surface area contributed by atoms with Crippen molar-refractivity contribution in [1.29, 1.82) is 0 Å². The number of urea groups is 1. The molecule has 2 bridgehead atoms. The van der Waals surface area contributed by atoms with E-state index in [1.165, 1.54) is 83.3 Å². The van der Waals surface area contributed by atoms with E-state index < -0.39 is 180 Å². The van der Waals surface area contributed by atoms with Crippen LogP contribution in [0.5, 0.6) is 0 Å². The molecule has 1 aliphatic heterocycles. The lowest BCUT2D eigenvalue weighted by atomic mass is 9.44. The van der Waals surface area contributed by atoms with E-state index in [1.807, 2.05) is 0 Å². The number of nitrogens with zero attached hydrogens (tertiary/aromatic N) is 2. The molecule has 3 aliphatic carbocycles. The van der Waals surface area contributed by atoms with Gasteiger partial charge in [0.15, 0.2) is 17.5 Å². The van der Waals surface area contributed by atoms with Crippen LogP contribution in [0.15, 0.2) is 126 Å². The van der Waals surface area contributed by atoms with Gasteiger partial charge in [0.1, 0.15) is 54.4 Å². The van der Waals surface area contributed by atoms with Gasteiger partial charge in [0.25, 0.3) is 5.91 Å². The number of primary amides is 1. The molecule has 0 aromatic heterocycles. The molecule has 1 saturated heterocycles. The van der Waals surface area contributed by atoms with Crippen LogP contribution in [0, 0.1) is 28.6 Å². The Bertz CT molecular complexity index is 4130. The van der Waals surface area contributed by atoms with Crippen molar-refractivity contribution in [3.8, 4) is 0 Å². The molecule has 8 amide bonds. The van der Waals surface area contributed by atoms with Crippen LogP contribution >= 0.6 is 0 Å². The fourth-order valence-corrected chi connectivity index (χ4v) is 15.0. The Hall–Kier alpha value is -10.7. The molecule has 8 rings (SSSR count). The van der Waals surface area contributed by atoms with Crippen LogP contribution in [0.1, 0.15) is 146 Å². The van der Waals surface area contributed by atoms with E-state index in [-0.39, 0.29) is 123 Å². The third kappa shape index (κ3) is 21.0. The minimum Gasteiger partial charge on any atom is -0.455 e. The number of nitrogens with one attached hydrogen (secondary N) is 5. The molecule has 3 fully saturated rings. The van der Waals surface area contributed by atoms with Crippen molar-refractivity contribution in [2.24, 2.45) is 34.3 Å². The van der Waals surface area contributed by atoms with Crippen molar-refractivity contribution in [3.63, 3.8) is 0 Å². The average molecular weight is 1570 g/mol. The second kappa shape index (κ2) is 38.7. The van der Waals surface area contributed by atoms with Gasteiger partial charge in [-0.3, -0.25) is 38.4 Å². The van der Waals surface area contributed by atoms with E-state index in [9.17, 15) is 63.3 Å². The molecule has 0 spiro atoms. The smallest absolute Gasteiger partial charge is 0.410 e. The molecule has 13 atom stereocenters. The van der Waals surface area contributed by atoms with Crippen molar-refractivity contribution < 1.29 is 116 Å². The molecule has 113 heavy (non-hydrogen) atoms. The number of likely N-dealkylation sites (N-methyl/N-ethyl adjacent to an activating group) is 1. The van der Waals surface area contributed by atoms with Crippen LogP contribution < -0.4 is 32.3 Å². The summed E-state index contributed by atoms with van der Waals surface area (Å²) in [6.07, 6.45) is -13.9. The quantitative estimate of drug-likeness (QED) is 0.0119. The molecule has 4 aromatic rings. The van der Waals surface area contributed by atoms with Gasteiger partial charge in [0, 0.05) is 95.3 Å². The highest BCUT2D eigenvalue weighted by molar-refractivity contribution is 5.99. The number of carbonyl (C=O) groups excluding carboxylic acids is 13. The maximum absolute atomic E-state index is 16.1. The molecule has 32 heteroatoms. The molecule has 4 aromatic carbocycles. The maximum atomic E-state index is 16.1. The van der Waals surface area contributed by atoms with Crippen LogP contribution in [0.2, 0.25) is 0 Å². The Labute approximate surface area is 655 Å². The first-order chi connectivity index (χ1) is 53.5. The number of anilines is 1. The van der Waals surface area contributed by atoms with Crippen LogP contribution in [-0.4, -0.2) is 222 Å². The van der Waals surface area contributed by atoms with E-state index in [0.717, 1.165) is 23.6 Å². The van der Waals surface area contributed by atoms with Gasteiger partial charge in [-0.15, -0.1) is 0 Å². The van der Waals surface area contributed by atoms with Crippen molar-refractivity contribution >= 4 is 83.0 Å². The highest BCUT2D eigenvalue weighted by Crippen LogP contribution is 2.64. The Balaban J connectivity index is 1.07. The van der Waals surface area contributed by atoms with Gasteiger partial charge in [0.05, 0.1) is 49.4 Å². The van der Waals surface area contributed by atoms with Crippen LogP contribution in [-0.2, 0) is 82.9 Å². The second-order valence-corrected chi connectivity index (χ2v) is 30.1. The zero-order valence-electron chi connectivity index (χ0n) is 65.4. The molecular formula is C81H104N8O24. The second-order valence-electron chi connectivity index (χ2n) is 30.1. The number of benzene rings is 4. The number of fused-ring (bicyclic) bond motifs is 5. The zero-order chi connectivity index (χ0) is 82.9. The lowest BCUT2D eigenvalue weighted by Gasteiger charge is -2.67. The number of amides is 8. The van der Waals surface area contributed by atoms with E-state index in [1.54, 1.807) is 94.4 Å². The summed E-state index contributed by atoms with van der Waals surface area (Å²) in [5, 5.41) is 49.8. The van der Waals surface area contributed by atoms with Gasteiger partial charge in [-0.1, -0.05) is 120 Å². The first-order valence-corrected chi connectivity index (χ1v) is 37.6. The fourth-order valence-electron chi connectivity index (χ4n) is 15.0. The minimum absolute atomic E-state index is 0.0165. The fraction of sp³-hybridized carbons (Fsp3) is 0.519. The summed E-state index contributed by atoms with van der Waals surface area (Å²) in [6.45, 7) is 12.4. The number of aliphatic hydroxyl groups is 3. The summed E-state index contributed by atoms with van der Waals surface area (Å²) in [5.41, 5.74) is -2.45. The monoisotopic (exact) mass is 1570 g/mol. The number of ketones is 2. The summed E-state index contributed by atoms with van der Waals surface area (Å²) >= 11 is 0. The SMILES string of the molecule is CC(=O)O[C@H]1C(=O)[C@@]2(C)[C@H]([C@H](OC(=O)c3ccccc3)[C@]3(O)C[C@H](OC(=O)[C@H](OC(=O)N(CCOCCO)CCN(C)C(=O)OCc4ccc(NC(=O)[C@H](CCCNC(N)=O)NC(=O)[C@@H](NC(=O)CCC(=O)C(C)C)C(C)C)cc4)[C@@H](NC(=O)c4ccccc4)c4ccccc4)C(C)=C1C3(C)C)[C@]1(OC(C)=O)CO[C@@H]1C[C@@H]2O. The number of hydrogen-bond acceptors (Lipinski definition) is 24. The number of carbonyl (C=O) groups is 13. The average Bonchev–Trinajstić information content (AvgIpc) is 0.668. The predicted octanol–water partition coefficient (Wildman–Crippen LogP) is 5.48. The van der Waals surface area contributed by atoms with Gasteiger partial charge in [-0.25, -0.2) is 24.0 Å². The van der Waals surface area contributed by atoms with Crippen LogP contribution in [0.25, 0.3) is 0 Å². The van der Waals surface area contributed by atoms with Crippen molar-refractivity contribution in [2.75, 3.05) is 65.0 Å². The van der Waals surface area contributed by atoms with E-state index in [2.05, 4.69) is 26.6 Å². The van der Waals surface area contributed by atoms with Gasteiger partial charge in [0.2, 0.25) is 23.8 Å². The molecule has 10 N–H and O–H groups in total. The molecule has 1 heterocycles. The third-order valence-corrected chi connectivity index (χ3v) is 21.4. The number of aliphatic hydroxyl groups excluding tert-OH is 2. The number of ether oxygens (including phenoxy) is 8. The van der Waals surface area contributed by atoms with Crippen molar-refractivity contribution in [2.45, 2.75) is 180 Å². The van der Waals surface area contributed by atoms with Gasteiger partial charge >= 0.3 is 42.1 Å². The number of rotatable bonds is 35.